The third-order valence-corrected chi connectivity index (χ3v) is 3.90. The summed E-state index contributed by atoms with van der Waals surface area (Å²) >= 11 is 11.9. The van der Waals surface area contributed by atoms with E-state index in [1.807, 2.05) is 43.3 Å². The Labute approximate surface area is 135 Å². The highest BCUT2D eigenvalue weighted by Gasteiger charge is 2.04. The molecule has 0 spiro atoms. The van der Waals surface area contributed by atoms with Crippen molar-refractivity contribution >= 4 is 34.8 Å². The number of amides is 1. The molecule has 0 saturated carbocycles. The predicted octanol–water partition coefficient (Wildman–Crippen LogP) is 5.26. The zero-order valence-electron chi connectivity index (χ0n) is 11.8. The van der Waals surface area contributed by atoms with Crippen LogP contribution < -0.4 is 5.32 Å². The largest absolute Gasteiger partial charge is 0.326 e. The van der Waals surface area contributed by atoms with Crippen molar-refractivity contribution < 1.29 is 4.79 Å². The quantitative estimate of drug-likeness (QED) is 0.799. The lowest BCUT2D eigenvalue weighted by molar-refractivity contribution is -0.116. The van der Waals surface area contributed by atoms with Gasteiger partial charge in [-0.05, 0) is 55.2 Å². The zero-order chi connectivity index (χ0) is 15.2. The Morgan fingerprint density at radius 1 is 1.10 bits per heavy atom. The maximum atomic E-state index is 11.9. The van der Waals surface area contributed by atoms with Gasteiger partial charge in [0.25, 0.3) is 0 Å². The number of aryl methyl sites for hydroxylation is 2. The molecule has 0 unspecified atom stereocenters. The first-order valence-corrected chi connectivity index (χ1v) is 7.60. The van der Waals surface area contributed by atoms with E-state index >= 15 is 0 Å². The number of hydrogen-bond donors (Lipinski definition) is 1. The van der Waals surface area contributed by atoms with Crippen LogP contribution >= 0.6 is 23.2 Å². The number of halogens is 2. The smallest absolute Gasteiger partial charge is 0.224 e. The van der Waals surface area contributed by atoms with E-state index in [4.69, 9.17) is 23.2 Å². The van der Waals surface area contributed by atoms with E-state index in [1.54, 1.807) is 6.07 Å². The number of carbonyl (C=O) groups is 1. The summed E-state index contributed by atoms with van der Waals surface area (Å²) in [4.78, 5) is 11.9. The average molecular weight is 322 g/mol. The molecular weight excluding hydrogens is 305 g/mol. The molecule has 0 aliphatic heterocycles. The van der Waals surface area contributed by atoms with E-state index in [0.29, 0.717) is 11.4 Å². The van der Waals surface area contributed by atoms with E-state index in [9.17, 15) is 4.79 Å². The number of nitrogens with one attached hydrogen (secondary N) is 1. The summed E-state index contributed by atoms with van der Waals surface area (Å²) in [6.07, 6.45) is 2.14. The van der Waals surface area contributed by atoms with Gasteiger partial charge in [-0.3, -0.25) is 4.79 Å². The summed E-state index contributed by atoms with van der Waals surface area (Å²) in [5.74, 6) is 0.00360. The van der Waals surface area contributed by atoms with Crippen molar-refractivity contribution in [2.75, 3.05) is 5.32 Å². The highest BCUT2D eigenvalue weighted by atomic mass is 35.5. The molecule has 2 nitrogen and oxygen atoms in total. The fraction of sp³-hybridized carbons (Fsp3) is 0.235. The molecule has 110 valence electrons. The molecule has 0 aliphatic rings. The van der Waals surface area contributed by atoms with Gasteiger partial charge in [-0.1, -0.05) is 41.4 Å². The summed E-state index contributed by atoms with van der Waals surface area (Å²) in [7, 11) is 0. The van der Waals surface area contributed by atoms with Gasteiger partial charge >= 0.3 is 0 Å². The molecule has 4 heteroatoms. The molecule has 2 aromatic carbocycles. The molecule has 0 heterocycles. The minimum Gasteiger partial charge on any atom is -0.326 e. The third kappa shape index (κ3) is 5.07. The summed E-state index contributed by atoms with van der Waals surface area (Å²) in [5.41, 5.74) is 2.92. The van der Waals surface area contributed by atoms with Crippen LogP contribution in [0, 0.1) is 6.92 Å². The first-order chi connectivity index (χ1) is 10.0. The van der Waals surface area contributed by atoms with Crippen LogP contribution in [0.2, 0.25) is 10.0 Å². The second kappa shape index (κ2) is 7.48. The Morgan fingerprint density at radius 3 is 2.48 bits per heavy atom. The second-order valence-electron chi connectivity index (χ2n) is 4.99. The molecule has 0 atom stereocenters. The highest BCUT2D eigenvalue weighted by molar-refractivity contribution is 6.31. The van der Waals surface area contributed by atoms with Gasteiger partial charge in [-0.15, -0.1) is 0 Å². The molecule has 0 radical (unpaired) electrons. The third-order valence-electron chi connectivity index (χ3n) is 3.24. The molecule has 21 heavy (non-hydrogen) atoms. The lowest BCUT2D eigenvalue weighted by Gasteiger charge is -2.07. The van der Waals surface area contributed by atoms with E-state index in [0.717, 1.165) is 29.1 Å². The van der Waals surface area contributed by atoms with Crippen LogP contribution in [0.15, 0.2) is 42.5 Å². The Morgan fingerprint density at radius 2 is 1.81 bits per heavy atom. The fourth-order valence-corrected chi connectivity index (χ4v) is 2.30. The average Bonchev–Trinajstić information content (AvgIpc) is 2.45. The van der Waals surface area contributed by atoms with Gasteiger partial charge < -0.3 is 5.32 Å². The van der Waals surface area contributed by atoms with Crippen LogP contribution in [0.5, 0.6) is 0 Å². The van der Waals surface area contributed by atoms with Gasteiger partial charge in [-0.25, -0.2) is 0 Å². The van der Waals surface area contributed by atoms with Gasteiger partial charge in [-0.2, -0.15) is 0 Å². The van der Waals surface area contributed by atoms with Crippen LogP contribution in [0.4, 0.5) is 5.69 Å². The molecule has 0 aliphatic carbocycles. The fourth-order valence-electron chi connectivity index (χ4n) is 2.00. The molecular formula is C17H17Cl2NO. The summed E-state index contributed by atoms with van der Waals surface area (Å²) in [5, 5.41) is 4.25. The maximum absolute atomic E-state index is 11.9. The molecule has 0 saturated heterocycles. The SMILES string of the molecule is Cc1ccc(NC(=O)CCCc2ccc(Cl)cc2)cc1Cl. The Bertz CT molecular complexity index is 623. The predicted molar refractivity (Wildman–Crippen MR) is 89.2 cm³/mol. The van der Waals surface area contributed by atoms with Gasteiger partial charge in [0, 0.05) is 22.2 Å². The van der Waals surface area contributed by atoms with Crippen LogP contribution in [0.1, 0.15) is 24.0 Å². The highest BCUT2D eigenvalue weighted by Crippen LogP contribution is 2.20. The Balaban J connectivity index is 1.79. The Hall–Kier alpha value is -1.51. The van der Waals surface area contributed by atoms with Gasteiger partial charge in [0.1, 0.15) is 0 Å². The van der Waals surface area contributed by atoms with Gasteiger partial charge in [0.15, 0.2) is 0 Å². The molecule has 2 aromatic rings. The van der Waals surface area contributed by atoms with Crippen LogP contribution in [-0.4, -0.2) is 5.91 Å². The van der Waals surface area contributed by atoms with Gasteiger partial charge in [0.05, 0.1) is 0 Å². The summed E-state index contributed by atoms with van der Waals surface area (Å²) < 4.78 is 0. The zero-order valence-corrected chi connectivity index (χ0v) is 13.3. The lowest BCUT2D eigenvalue weighted by atomic mass is 10.1. The van der Waals surface area contributed by atoms with Crippen molar-refractivity contribution in [1.82, 2.24) is 0 Å². The molecule has 1 N–H and O–H groups in total. The number of carbonyl (C=O) groups excluding carboxylic acids is 1. The standard InChI is InChI=1S/C17H17Cl2NO/c1-12-5-10-15(11-16(12)19)20-17(21)4-2-3-13-6-8-14(18)9-7-13/h5-11H,2-4H2,1H3,(H,20,21). The molecule has 0 aromatic heterocycles. The van der Waals surface area contributed by atoms with E-state index in [2.05, 4.69) is 5.32 Å². The van der Waals surface area contributed by atoms with E-state index in [1.165, 1.54) is 5.56 Å². The van der Waals surface area contributed by atoms with Crippen molar-refractivity contribution in [2.24, 2.45) is 0 Å². The minimum atomic E-state index is 0.00360. The van der Waals surface area contributed by atoms with Crippen molar-refractivity contribution in [2.45, 2.75) is 26.2 Å². The number of benzene rings is 2. The molecule has 0 bridgehead atoms. The van der Waals surface area contributed by atoms with Crippen LogP contribution in [0.3, 0.4) is 0 Å². The number of rotatable bonds is 5. The van der Waals surface area contributed by atoms with Crippen molar-refractivity contribution in [1.29, 1.82) is 0 Å². The summed E-state index contributed by atoms with van der Waals surface area (Å²) in [6.45, 7) is 1.93. The first-order valence-electron chi connectivity index (χ1n) is 6.85. The minimum absolute atomic E-state index is 0.00360. The topological polar surface area (TPSA) is 29.1 Å². The molecule has 0 fully saturated rings. The van der Waals surface area contributed by atoms with Gasteiger partial charge in [0.2, 0.25) is 5.91 Å². The first kappa shape index (κ1) is 15.9. The monoisotopic (exact) mass is 321 g/mol. The molecule has 2 rings (SSSR count). The second-order valence-corrected chi connectivity index (χ2v) is 5.84. The summed E-state index contributed by atoms with van der Waals surface area (Å²) in [6, 6.07) is 13.2. The number of anilines is 1. The van der Waals surface area contributed by atoms with E-state index < -0.39 is 0 Å². The normalized spacial score (nSPS) is 10.4. The van der Waals surface area contributed by atoms with E-state index in [-0.39, 0.29) is 5.91 Å². The molecule has 1 amide bonds. The van der Waals surface area contributed by atoms with Crippen molar-refractivity contribution in [3.8, 4) is 0 Å². The number of hydrogen-bond acceptors (Lipinski definition) is 1. The van der Waals surface area contributed by atoms with Crippen molar-refractivity contribution in [3.05, 3.63) is 63.6 Å². The van der Waals surface area contributed by atoms with Crippen LogP contribution in [0.25, 0.3) is 0 Å². The maximum Gasteiger partial charge on any atom is 0.224 e. The van der Waals surface area contributed by atoms with Crippen molar-refractivity contribution in [3.63, 3.8) is 0 Å². The Kier molecular flexibility index (Phi) is 5.66. The van der Waals surface area contributed by atoms with Crippen LogP contribution in [-0.2, 0) is 11.2 Å². The lowest BCUT2D eigenvalue weighted by Crippen LogP contribution is -2.11.